The molecule has 0 saturated carbocycles. The van der Waals surface area contributed by atoms with Crippen molar-refractivity contribution in [3.05, 3.63) is 59.2 Å². The number of hydrogen-bond donors (Lipinski definition) is 3. The third-order valence-corrected chi connectivity index (χ3v) is 4.30. The predicted octanol–water partition coefficient (Wildman–Crippen LogP) is 4.09. The van der Waals surface area contributed by atoms with Crippen LogP contribution < -0.4 is 10.6 Å². The number of anilines is 1. The summed E-state index contributed by atoms with van der Waals surface area (Å²) in [5.74, 6) is -3.36. The van der Waals surface area contributed by atoms with Crippen LogP contribution in [0.3, 0.4) is 0 Å². The average molecular weight is 455 g/mol. The molecular formula is C20H18F5N5O2. The van der Waals surface area contributed by atoms with Gasteiger partial charge in [-0.1, -0.05) is 0 Å². The van der Waals surface area contributed by atoms with Crippen LogP contribution in [0.25, 0.3) is 10.9 Å². The Kier molecular flexibility index (Phi) is 6.72. The molecule has 3 N–H and O–H groups in total. The second-order valence-electron chi connectivity index (χ2n) is 6.82. The number of nitrogens with one attached hydrogen (secondary N) is 3. The first-order valence-corrected chi connectivity index (χ1v) is 9.24. The molecule has 32 heavy (non-hydrogen) atoms. The van der Waals surface area contributed by atoms with Gasteiger partial charge >= 0.3 is 6.18 Å². The van der Waals surface area contributed by atoms with Crippen molar-refractivity contribution < 1.29 is 31.5 Å². The van der Waals surface area contributed by atoms with Crippen LogP contribution in [-0.2, 0) is 10.9 Å². The Hall–Kier alpha value is -3.54. The number of benzene rings is 2. The summed E-state index contributed by atoms with van der Waals surface area (Å²) in [5.41, 5.74) is -0.757. The maximum absolute atomic E-state index is 13.5. The number of aliphatic imine (C=N–C) groups is 1. The topological polar surface area (TPSA) is 91.4 Å². The van der Waals surface area contributed by atoms with Crippen LogP contribution in [0.2, 0.25) is 0 Å². The summed E-state index contributed by atoms with van der Waals surface area (Å²) in [4.78, 5) is 16.7. The minimum atomic E-state index is -4.56. The quantitative estimate of drug-likeness (QED) is 0.307. The van der Waals surface area contributed by atoms with Crippen LogP contribution in [0.4, 0.5) is 27.8 Å². The van der Waals surface area contributed by atoms with Crippen molar-refractivity contribution in [2.24, 2.45) is 4.99 Å². The molecule has 0 radical (unpaired) electrons. The van der Waals surface area contributed by atoms with E-state index in [1.165, 1.54) is 13.2 Å². The lowest BCUT2D eigenvalue weighted by molar-refractivity contribution is -0.137. The zero-order valence-electron chi connectivity index (χ0n) is 16.8. The lowest BCUT2D eigenvalue weighted by atomic mass is 10.1. The second-order valence-corrected chi connectivity index (χ2v) is 6.82. The molecule has 0 bridgehead atoms. The van der Waals surface area contributed by atoms with E-state index in [0.717, 1.165) is 24.3 Å². The summed E-state index contributed by atoms with van der Waals surface area (Å²) in [5, 5.41) is 11.7. The van der Waals surface area contributed by atoms with Gasteiger partial charge < -0.3 is 10.1 Å². The number of nitrogens with zero attached hydrogens (tertiary/aromatic N) is 2. The molecule has 7 nitrogen and oxygen atoms in total. The van der Waals surface area contributed by atoms with E-state index in [4.69, 9.17) is 4.74 Å². The molecule has 0 spiro atoms. The summed E-state index contributed by atoms with van der Waals surface area (Å²) in [6, 6.07) is 5.13. The molecule has 0 aliphatic rings. The molecular weight excluding hydrogens is 437 g/mol. The third-order valence-electron chi connectivity index (χ3n) is 4.30. The van der Waals surface area contributed by atoms with Gasteiger partial charge in [-0.25, -0.2) is 13.8 Å². The molecule has 1 aromatic heterocycles. The van der Waals surface area contributed by atoms with E-state index in [1.54, 1.807) is 6.92 Å². The van der Waals surface area contributed by atoms with E-state index >= 15 is 0 Å². The monoisotopic (exact) mass is 455 g/mol. The van der Waals surface area contributed by atoms with Gasteiger partial charge in [0.05, 0.1) is 23.7 Å². The Morgan fingerprint density at radius 1 is 1.19 bits per heavy atom. The lowest BCUT2D eigenvalue weighted by Crippen LogP contribution is -2.37. The largest absolute Gasteiger partial charge is 0.416 e. The highest BCUT2D eigenvalue weighted by molar-refractivity contribution is 6.11. The van der Waals surface area contributed by atoms with Gasteiger partial charge in [0.25, 0.3) is 5.91 Å². The normalized spacial score (nSPS) is 13.3. The van der Waals surface area contributed by atoms with Gasteiger partial charge in [0.2, 0.25) is 5.96 Å². The number of hydrogen-bond acceptors (Lipinski definition) is 4. The molecule has 3 aromatic rings. The van der Waals surface area contributed by atoms with Gasteiger partial charge in [0, 0.05) is 18.1 Å². The molecule has 0 saturated heterocycles. The van der Waals surface area contributed by atoms with E-state index in [-0.39, 0.29) is 29.3 Å². The van der Waals surface area contributed by atoms with Gasteiger partial charge in [-0.3, -0.25) is 15.2 Å². The molecule has 3 rings (SSSR count). The summed E-state index contributed by atoms with van der Waals surface area (Å²) in [6.07, 6.45) is -4.56. The summed E-state index contributed by atoms with van der Waals surface area (Å²) in [6.45, 7) is 1.84. The van der Waals surface area contributed by atoms with E-state index in [9.17, 15) is 26.7 Å². The molecule has 1 heterocycles. The number of aromatic amines is 1. The fourth-order valence-electron chi connectivity index (χ4n) is 2.81. The minimum absolute atomic E-state index is 0.0277. The highest BCUT2D eigenvalue weighted by atomic mass is 19.4. The summed E-state index contributed by atoms with van der Waals surface area (Å²) < 4.78 is 70.9. The first kappa shape index (κ1) is 23.1. The lowest BCUT2D eigenvalue weighted by Gasteiger charge is -2.13. The van der Waals surface area contributed by atoms with E-state index < -0.39 is 35.3 Å². The maximum Gasteiger partial charge on any atom is 0.416 e. The van der Waals surface area contributed by atoms with Gasteiger partial charge in [0.15, 0.2) is 17.5 Å². The van der Waals surface area contributed by atoms with Crippen molar-refractivity contribution in [3.63, 3.8) is 0 Å². The molecule has 170 valence electrons. The fourth-order valence-corrected chi connectivity index (χ4v) is 2.81. The first-order chi connectivity index (χ1) is 15.1. The molecule has 1 atom stereocenters. The molecule has 2 aromatic carbocycles. The smallest absolute Gasteiger partial charge is 0.382 e. The Balaban J connectivity index is 1.92. The number of ether oxygens (including phenoxy) is 1. The number of rotatable bonds is 5. The van der Waals surface area contributed by atoms with Gasteiger partial charge in [0.1, 0.15) is 0 Å². The molecule has 12 heteroatoms. The highest BCUT2D eigenvalue weighted by Gasteiger charge is 2.31. The van der Waals surface area contributed by atoms with Crippen LogP contribution in [-0.4, -0.2) is 41.8 Å². The Morgan fingerprint density at radius 3 is 2.59 bits per heavy atom. The van der Waals surface area contributed by atoms with Crippen LogP contribution in [0.5, 0.6) is 0 Å². The van der Waals surface area contributed by atoms with Crippen molar-refractivity contribution in [2.45, 2.75) is 19.1 Å². The second kappa shape index (κ2) is 9.30. The zero-order chi connectivity index (χ0) is 23.5. The van der Waals surface area contributed by atoms with E-state index in [2.05, 4.69) is 25.8 Å². The molecule has 0 aliphatic carbocycles. The van der Waals surface area contributed by atoms with Crippen LogP contribution >= 0.6 is 0 Å². The number of H-pyrrole nitrogens is 1. The predicted molar refractivity (Wildman–Crippen MR) is 107 cm³/mol. The maximum atomic E-state index is 13.5. The first-order valence-electron chi connectivity index (χ1n) is 9.24. The van der Waals surface area contributed by atoms with Crippen molar-refractivity contribution in [1.82, 2.24) is 15.5 Å². The number of fused-ring (bicyclic) bond motifs is 1. The number of halogens is 5. The molecule has 0 fully saturated rings. The van der Waals surface area contributed by atoms with Crippen molar-refractivity contribution in [3.8, 4) is 0 Å². The Labute approximate surface area is 178 Å². The number of carbonyl (C=O) groups excluding carboxylic acids is 1. The summed E-state index contributed by atoms with van der Waals surface area (Å²) in [7, 11) is 1.44. The van der Waals surface area contributed by atoms with Crippen LogP contribution in [0.15, 0.2) is 41.4 Å². The summed E-state index contributed by atoms with van der Waals surface area (Å²) >= 11 is 0. The third kappa shape index (κ3) is 5.38. The standard InChI is InChI=1S/C20H18F5N5O2/c1-10(9-32-2)26-19(28-18(31)11-3-5-14(21)15(22)7-11)27-17-13-8-12(20(23,24)25)4-6-16(13)29-30-17/h3-8,10H,9H2,1-2H3,(H3,26,27,28,29,30,31)/t10-/m0/s1. The van der Waals surface area contributed by atoms with Gasteiger partial charge in [-0.15, -0.1) is 0 Å². The molecule has 0 unspecified atom stereocenters. The molecule has 0 aliphatic heterocycles. The van der Waals surface area contributed by atoms with Crippen LogP contribution in [0, 0.1) is 11.6 Å². The number of guanidine groups is 1. The SMILES string of the molecule is COC[C@H](C)N=C(NC(=O)c1ccc(F)c(F)c1)Nc1n[nH]c2ccc(C(F)(F)F)cc12. The number of methoxy groups -OCH3 is 1. The fraction of sp³-hybridized carbons (Fsp3) is 0.250. The molecule has 1 amide bonds. The van der Waals surface area contributed by atoms with Crippen molar-refractivity contribution >= 4 is 28.6 Å². The van der Waals surface area contributed by atoms with E-state index in [1.807, 2.05) is 0 Å². The number of carbonyl (C=O) groups is 1. The zero-order valence-corrected chi connectivity index (χ0v) is 16.8. The number of amides is 1. The van der Waals surface area contributed by atoms with Crippen molar-refractivity contribution in [2.75, 3.05) is 19.0 Å². The van der Waals surface area contributed by atoms with E-state index in [0.29, 0.717) is 11.6 Å². The van der Waals surface area contributed by atoms with Crippen LogP contribution in [0.1, 0.15) is 22.8 Å². The average Bonchev–Trinajstić information content (AvgIpc) is 3.11. The number of aromatic nitrogens is 2. The minimum Gasteiger partial charge on any atom is -0.382 e. The van der Waals surface area contributed by atoms with Gasteiger partial charge in [-0.2, -0.15) is 18.3 Å². The highest BCUT2D eigenvalue weighted by Crippen LogP contribution is 2.32. The Bertz CT molecular complexity index is 1160. The van der Waals surface area contributed by atoms with Crippen molar-refractivity contribution in [1.29, 1.82) is 0 Å². The van der Waals surface area contributed by atoms with Gasteiger partial charge in [-0.05, 0) is 43.3 Å². The number of alkyl halides is 3. The Morgan fingerprint density at radius 2 is 1.94 bits per heavy atom.